The molecule has 0 saturated carbocycles. The molecule has 1 aliphatic heterocycles. The molecule has 23 heavy (non-hydrogen) atoms. The van der Waals surface area contributed by atoms with E-state index in [1.54, 1.807) is 16.8 Å². The van der Waals surface area contributed by atoms with Crippen LogP contribution in [-0.2, 0) is 0 Å². The highest BCUT2D eigenvalue weighted by molar-refractivity contribution is 5.77. The Morgan fingerprint density at radius 3 is 2.65 bits per heavy atom. The van der Waals surface area contributed by atoms with E-state index in [1.807, 2.05) is 31.2 Å². The van der Waals surface area contributed by atoms with Gasteiger partial charge in [-0.05, 0) is 24.6 Å². The Morgan fingerprint density at radius 1 is 1.09 bits per heavy atom. The van der Waals surface area contributed by atoms with Gasteiger partial charge in [-0.1, -0.05) is 48.0 Å². The fourth-order valence-corrected chi connectivity index (χ4v) is 2.77. The second-order valence-corrected chi connectivity index (χ2v) is 5.57. The van der Waals surface area contributed by atoms with Crippen molar-refractivity contribution in [3.63, 3.8) is 0 Å². The van der Waals surface area contributed by atoms with Gasteiger partial charge in [0, 0.05) is 11.3 Å². The van der Waals surface area contributed by atoms with Crippen LogP contribution in [0.5, 0.6) is 0 Å². The van der Waals surface area contributed by atoms with Gasteiger partial charge in [0.25, 0.3) is 0 Å². The maximum atomic E-state index is 14.2. The second kappa shape index (κ2) is 5.35. The maximum absolute atomic E-state index is 14.2. The molecule has 1 atom stereocenters. The van der Waals surface area contributed by atoms with Gasteiger partial charge < -0.3 is 5.32 Å². The predicted octanol–water partition coefficient (Wildman–Crippen LogP) is 3.78. The number of rotatable bonds is 2. The van der Waals surface area contributed by atoms with E-state index >= 15 is 0 Å². The highest BCUT2D eigenvalue weighted by Gasteiger charge is 2.25. The summed E-state index contributed by atoms with van der Waals surface area (Å²) in [5.41, 5.74) is 3.70. The van der Waals surface area contributed by atoms with E-state index in [-0.39, 0.29) is 11.9 Å². The lowest BCUT2D eigenvalue weighted by molar-refractivity contribution is 0.551. The number of nitrogens with zero attached hydrogens (tertiary/aromatic N) is 3. The Balaban J connectivity index is 1.83. The summed E-state index contributed by atoms with van der Waals surface area (Å²) in [6.45, 7) is 2.05. The van der Waals surface area contributed by atoms with Gasteiger partial charge in [-0.2, -0.15) is 10.1 Å². The van der Waals surface area contributed by atoms with Crippen molar-refractivity contribution >= 4 is 11.6 Å². The van der Waals surface area contributed by atoms with Crippen LogP contribution in [0, 0.1) is 12.7 Å². The van der Waals surface area contributed by atoms with Gasteiger partial charge in [-0.3, -0.25) is 0 Å². The van der Waals surface area contributed by atoms with E-state index in [4.69, 9.17) is 0 Å². The van der Waals surface area contributed by atoms with Crippen LogP contribution in [0.15, 0.2) is 60.9 Å². The van der Waals surface area contributed by atoms with Crippen molar-refractivity contribution in [1.29, 1.82) is 0 Å². The monoisotopic (exact) mass is 306 g/mol. The van der Waals surface area contributed by atoms with Crippen LogP contribution in [0.4, 0.5) is 10.3 Å². The molecule has 0 unspecified atom stereocenters. The molecule has 1 aliphatic rings. The number of halogens is 1. The van der Waals surface area contributed by atoms with Crippen LogP contribution >= 0.6 is 0 Å². The number of allylic oxidation sites excluding steroid dienone is 1. The van der Waals surface area contributed by atoms with Crippen LogP contribution in [0.1, 0.15) is 22.7 Å². The van der Waals surface area contributed by atoms with Crippen molar-refractivity contribution in [3.05, 3.63) is 83.4 Å². The lowest BCUT2D eigenvalue weighted by Crippen LogP contribution is -2.21. The third kappa shape index (κ3) is 2.40. The van der Waals surface area contributed by atoms with Crippen molar-refractivity contribution in [2.45, 2.75) is 13.0 Å². The van der Waals surface area contributed by atoms with Crippen LogP contribution < -0.4 is 5.32 Å². The SMILES string of the molecule is Cc1ccc(C2=C[C@H](c3ccccc3F)n3ncnc3N2)cc1. The normalized spacial score (nSPS) is 16.4. The molecule has 114 valence electrons. The first-order chi connectivity index (χ1) is 11.2. The van der Waals surface area contributed by atoms with Gasteiger partial charge in [0.05, 0.1) is 0 Å². The molecule has 0 amide bonds. The minimum atomic E-state index is -0.328. The first-order valence-electron chi connectivity index (χ1n) is 7.42. The van der Waals surface area contributed by atoms with Gasteiger partial charge in [0.15, 0.2) is 0 Å². The fourth-order valence-electron chi connectivity index (χ4n) is 2.77. The zero-order valence-corrected chi connectivity index (χ0v) is 12.6. The topological polar surface area (TPSA) is 42.7 Å². The summed E-state index contributed by atoms with van der Waals surface area (Å²) in [5, 5.41) is 7.49. The van der Waals surface area contributed by atoms with Gasteiger partial charge >= 0.3 is 0 Å². The minimum Gasteiger partial charge on any atom is -0.324 e. The number of anilines is 1. The first kappa shape index (κ1) is 13.7. The largest absolute Gasteiger partial charge is 0.324 e. The van der Waals surface area contributed by atoms with E-state index in [1.165, 1.54) is 18.0 Å². The third-order valence-corrected chi connectivity index (χ3v) is 3.99. The maximum Gasteiger partial charge on any atom is 0.226 e. The van der Waals surface area contributed by atoms with Gasteiger partial charge in [-0.25, -0.2) is 9.07 Å². The molecule has 0 spiro atoms. The molecule has 5 heteroatoms. The number of fused-ring (bicyclic) bond motifs is 1. The van der Waals surface area contributed by atoms with Crippen LogP contribution in [0.25, 0.3) is 5.70 Å². The van der Waals surface area contributed by atoms with Gasteiger partial charge in [-0.15, -0.1) is 0 Å². The van der Waals surface area contributed by atoms with Crippen LogP contribution in [0.2, 0.25) is 0 Å². The van der Waals surface area contributed by atoms with E-state index in [2.05, 4.69) is 27.5 Å². The standard InChI is InChI=1S/C18H15FN4/c1-12-6-8-13(9-7-12)16-10-17(14-4-2-3-5-15(14)19)23-18(22-16)20-11-21-23/h2-11,17H,1H3,(H,20,21,22)/t17-/m1/s1. The first-order valence-corrected chi connectivity index (χ1v) is 7.42. The zero-order valence-electron chi connectivity index (χ0n) is 12.6. The molecule has 1 aromatic heterocycles. The van der Waals surface area contributed by atoms with Gasteiger partial charge in [0.1, 0.15) is 18.2 Å². The number of aromatic nitrogens is 3. The number of aryl methyl sites for hydroxylation is 1. The molecule has 0 bridgehead atoms. The Labute approximate surface area is 133 Å². The Hall–Kier alpha value is -2.95. The molecule has 0 fully saturated rings. The van der Waals surface area contributed by atoms with Gasteiger partial charge in [0.2, 0.25) is 5.95 Å². The summed E-state index contributed by atoms with van der Waals surface area (Å²) in [4.78, 5) is 4.23. The molecular weight excluding hydrogens is 291 g/mol. The summed E-state index contributed by atoms with van der Waals surface area (Å²) < 4.78 is 15.9. The quantitative estimate of drug-likeness (QED) is 0.783. The van der Waals surface area contributed by atoms with Crippen molar-refractivity contribution in [2.24, 2.45) is 0 Å². The lowest BCUT2D eigenvalue weighted by Gasteiger charge is -2.24. The molecule has 1 N–H and O–H groups in total. The predicted molar refractivity (Wildman–Crippen MR) is 87.3 cm³/mol. The molecule has 4 nitrogen and oxygen atoms in total. The minimum absolute atomic E-state index is 0.250. The summed E-state index contributed by atoms with van der Waals surface area (Å²) in [7, 11) is 0. The number of hydrogen-bond acceptors (Lipinski definition) is 3. The molecule has 2 heterocycles. The van der Waals surface area contributed by atoms with E-state index in [0.29, 0.717) is 11.5 Å². The average molecular weight is 306 g/mol. The van der Waals surface area contributed by atoms with Crippen molar-refractivity contribution in [3.8, 4) is 0 Å². The molecule has 4 rings (SSSR count). The molecule has 0 radical (unpaired) electrons. The lowest BCUT2D eigenvalue weighted by atomic mass is 10.0. The summed E-state index contributed by atoms with van der Waals surface area (Å²) in [6.07, 6.45) is 3.45. The highest BCUT2D eigenvalue weighted by atomic mass is 19.1. The van der Waals surface area contributed by atoms with E-state index in [9.17, 15) is 4.39 Å². The molecule has 0 aliphatic carbocycles. The zero-order chi connectivity index (χ0) is 15.8. The van der Waals surface area contributed by atoms with Crippen LogP contribution in [-0.4, -0.2) is 14.8 Å². The molecular formula is C18H15FN4. The van der Waals surface area contributed by atoms with E-state index in [0.717, 1.165) is 11.3 Å². The van der Waals surface area contributed by atoms with E-state index < -0.39 is 0 Å². The van der Waals surface area contributed by atoms with Crippen LogP contribution in [0.3, 0.4) is 0 Å². The Kier molecular flexibility index (Phi) is 3.19. The Morgan fingerprint density at radius 2 is 1.87 bits per heavy atom. The number of hydrogen-bond donors (Lipinski definition) is 1. The average Bonchev–Trinajstić information content (AvgIpc) is 3.04. The Bertz CT molecular complexity index is 880. The summed E-state index contributed by atoms with van der Waals surface area (Å²) in [6, 6.07) is 14.6. The van der Waals surface area contributed by atoms with Crippen molar-refractivity contribution in [2.75, 3.05) is 5.32 Å². The highest BCUT2D eigenvalue weighted by Crippen LogP contribution is 2.32. The third-order valence-electron chi connectivity index (χ3n) is 3.99. The smallest absolute Gasteiger partial charge is 0.226 e. The number of nitrogens with one attached hydrogen (secondary N) is 1. The number of benzene rings is 2. The second-order valence-electron chi connectivity index (χ2n) is 5.57. The molecule has 0 saturated heterocycles. The molecule has 2 aromatic carbocycles. The fraction of sp³-hybridized carbons (Fsp3) is 0.111. The molecule has 3 aromatic rings. The summed E-state index contributed by atoms with van der Waals surface area (Å²) >= 11 is 0. The van der Waals surface area contributed by atoms with Crippen molar-refractivity contribution in [1.82, 2.24) is 14.8 Å². The van der Waals surface area contributed by atoms with Crippen molar-refractivity contribution < 1.29 is 4.39 Å². The summed E-state index contributed by atoms with van der Waals surface area (Å²) in [5.74, 6) is 0.358.